The van der Waals surface area contributed by atoms with Crippen molar-refractivity contribution >= 4 is 11.4 Å². The molecule has 88 valence electrons. The molecule has 0 aliphatic rings. The third-order valence-electron chi connectivity index (χ3n) is 2.50. The first-order valence-corrected chi connectivity index (χ1v) is 5.21. The Balaban J connectivity index is 2.93. The molecule has 0 heterocycles. The zero-order chi connectivity index (χ0) is 12.1. The zero-order valence-electron chi connectivity index (χ0n) is 9.43. The fraction of sp³-hybridized carbons (Fsp3) is 0.455. The van der Waals surface area contributed by atoms with Crippen molar-refractivity contribution in [2.45, 2.75) is 26.3 Å². The maximum absolute atomic E-state index is 10.6. The number of aliphatic hydroxyl groups is 1. The Labute approximate surface area is 94.3 Å². The molecule has 1 aromatic rings. The Morgan fingerprint density at radius 1 is 1.56 bits per heavy atom. The maximum atomic E-state index is 10.6. The second-order valence-electron chi connectivity index (χ2n) is 3.69. The molecular weight excluding hydrogens is 208 g/mol. The number of nitrogens with one attached hydrogen (secondary N) is 1. The predicted octanol–water partition coefficient (Wildman–Crippen LogP) is 2.09. The largest absolute Gasteiger partial charge is 0.394 e. The lowest BCUT2D eigenvalue weighted by Crippen LogP contribution is -2.23. The van der Waals surface area contributed by atoms with Gasteiger partial charge in [0.25, 0.3) is 5.69 Å². The topological polar surface area (TPSA) is 75.4 Å². The van der Waals surface area contributed by atoms with Crippen LogP contribution in [0.3, 0.4) is 0 Å². The Morgan fingerprint density at radius 2 is 2.25 bits per heavy atom. The van der Waals surface area contributed by atoms with Crippen LogP contribution in [-0.4, -0.2) is 22.7 Å². The van der Waals surface area contributed by atoms with E-state index in [9.17, 15) is 10.1 Å². The molecule has 0 aliphatic heterocycles. The molecular formula is C11H16N2O3. The van der Waals surface area contributed by atoms with Gasteiger partial charge in [-0.1, -0.05) is 13.0 Å². The van der Waals surface area contributed by atoms with Crippen molar-refractivity contribution in [1.82, 2.24) is 0 Å². The molecule has 16 heavy (non-hydrogen) atoms. The number of nitro benzene ring substituents is 1. The quantitative estimate of drug-likeness (QED) is 0.593. The van der Waals surface area contributed by atoms with E-state index in [-0.39, 0.29) is 18.3 Å². The van der Waals surface area contributed by atoms with E-state index in [0.29, 0.717) is 5.69 Å². The Kier molecular flexibility index (Phi) is 4.25. The lowest BCUT2D eigenvalue weighted by atomic mass is 10.1. The molecule has 1 rings (SSSR count). The molecule has 0 aromatic heterocycles. The van der Waals surface area contributed by atoms with Gasteiger partial charge in [-0.05, 0) is 18.9 Å². The Hall–Kier alpha value is -1.62. The van der Waals surface area contributed by atoms with Crippen LogP contribution in [-0.2, 0) is 0 Å². The molecule has 0 amide bonds. The summed E-state index contributed by atoms with van der Waals surface area (Å²) in [6.45, 7) is 3.83. The number of nitrogens with zero attached hydrogens (tertiary/aromatic N) is 1. The summed E-state index contributed by atoms with van der Waals surface area (Å²) < 4.78 is 0. The van der Waals surface area contributed by atoms with Crippen LogP contribution in [0.2, 0.25) is 0 Å². The smallest absolute Gasteiger partial charge is 0.271 e. The summed E-state index contributed by atoms with van der Waals surface area (Å²) in [6, 6.07) is 4.60. The number of benzene rings is 1. The van der Waals surface area contributed by atoms with Crippen molar-refractivity contribution in [3.05, 3.63) is 33.9 Å². The lowest BCUT2D eigenvalue weighted by molar-refractivity contribution is -0.384. The second kappa shape index (κ2) is 5.46. The molecule has 0 fully saturated rings. The summed E-state index contributed by atoms with van der Waals surface area (Å²) in [6.07, 6.45) is 0.763. The number of aliphatic hydroxyl groups excluding tert-OH is 1. The normalized spacial score (nSPS) is 12.2. The van der Waals surface area contributed by atoms with Crippen molar-refractivity contribution in [3.63, 3.8) is 0 Å². The third-order valence-corrected chi connectivity index (χ3v) is 2.50. The zero-order valence-corrected chi connectivity index (χ0v) is 9.43. The highest BCUT2D eigenvalue weighted by Gasteiger charge is 2.11. The van der Waals surface area contributed by atoms with E-state index < -0.39 is 4.92 Å². The predicted molar refractivity (Wildman–Crippen MR) is 62.6 cm³/mol. The lowest BCUT2D eigenvalue weighted by Gasteiger charge is -2.16. The van der Waals surface area contributed by atoms with Crippen LogP contribution in [0.15, 0.2) is 18.2 Å². The van der Waals surface area contributed by atoms with Gasteiger partial charge in [0.1, 0.15) is 0 Å². The number of rotatable bonds is 5. The summed E-state index contributed by atoms with van der Waals surface area (Å²) in [5.74, 6) is 0. The number of nitro groups is 1. The first-order chi connectivity index (χ1) is 7.58. The minimum absolute atomic E-state index is 0.0125. The fourth-order valence-corrected chi connectivity index (χ4v) is 1.38. The average Bonchev–Trinajstić information content (AvgIpc) is 2.27. The SMILES string of the molecule is CCC(CO)Nc1cc([N+](=O)[O-])ccc1C. The summed E-state index contributed by atoms with van der Waals surface area (Å²) in [7, 11) is 0. The Bertz CT molecular complexity index is 375. The molecule has 5 nitrogen and oxygen atoms in total. The number of non-ortho nitro benzene ring substituents is 1. The molecule has 0 aliphatic carbocycles. The van der Waals surface area contributed by atoms with E-state index in [1.807, 2.05) is 13.8 Å². The van der Waals surface area contributed by atoms with Gasteiger partial charge in [-0.3, -0.25) is 10.1 Å². The van der Waals surface area contributed by atoms with Gasteiger partial charge in [0.05, 0.1) is 11.5 Å². The van der Waals surface area contributed by atoms with Gasteiger partial charge in [-0.15, -0.1) is 0 Å². The summed E-state index contributed by atoms with van der Waals surface area (Å²) in [5, 5.41) is 22.8. The first-order valence-electron chi connectivity index (χ1n) is 5.21. The summed E-state index contributed by atoms with van der Waals surface area (Å²) in [5.41, 5.74) is 1.69. The number of aryl methyl sites for hydroxylation is 1. The second-order valence-corrected chi connectivity index (χ2v) is 3.69. The fourth-order valence-electron chi connectivity index (χ4n) is 1.38. The molecule has 0 radical (unpaired) electrons. The molecule has 1 unspecified atom stereocenters. The number of hydrogen-bond donors (Lipinski definition) is 2. The van der Waals surface area contributed by atoms with Gasteiger partial charge < -0.3 is 10.4 Å². The highest BCUT2D eigenvalue weighted by molar-refractivity contribution is 5.57. The van der Waals surface area contributed by atoms with Crippen molar-refractivity contribution in [3.8, 4) is 0 Å². The molecule has 2 N–H and O–H groups in total. The third kappa shape index (κ3) is 2.93. The standard InChI is InChI=1S/C11H16N2O3/c1-3-9(7-14)12-11-6-10(13(15)16)5-4-8(11)2/h4-6,9,12,14H,3,7H2,1-2H3. The van der Waals surface area contributed by atoms with Crippen LogP contribution in [0, 0.1) is 17.0 Å². The number of hydrogen-bond acceptors (Lipinski definition) is 4. The van der Waals surface area contributed by atoms with Gasteiger partial charge in [-0.2, -0.15) is 0 Å². The molecule has 1 aromatic carbocycles. The highest BCUT2D eigenvalue weighted by Crippen LogP contribution is 2.22. The van der Waals surface area contributed by atoms with Crippen LogP contribution in [0.1, 0.15) is 18.9 Å². The van der Waals surface area contributed by atoms with E-state index in [4.69, 9.17) is 5.11 Å². The average molecular weight is 224 g/mol. The van der Waals surface area contributed by atoms with Crippen molar-refractivity contribution in [2.24, 2.45) is 0 Å². The van der Waals surface area contributed by atoms with E-state index in [0.717, 1.165) is 12.0 Å². The van der Waals surface area contributed by atoms with Crippen LogP contribution in [0.4, 0.5) is 11.4 Å². The molecule has 5 heteroatoms. The minimum atomic E-state index is -0.426. The van der Waals surface area contributed by atoms with E-state index >= 15 is 0 Å². The summed E-state index contributed by atoms with van der Waals surface area (Å²) in [4.78, 5) is 10.2. The van der Waals surface area contributed by atoms with E-state index in [1.54, 1.807) is 6.07 Å². The number of anilines is 1. The van der Waals surface area contributed by atoms with E-state index in [1.165, 1.54) is 12.1 Å². The van der Waals surface area contributed by atoms with Crippen LogP contribution in [0.25, 0.3) is 0 Å². The molecule has 1 atom stereocenters. The van der Waals surface area contributed by atoms with Crippen LogP contribution >= 0.6 is 0 Å². The maximum Gasteiger partial charge on any atom is 0.271 e. The van der Waals surface area contributed by atoms with Gasteiger partial charge in [-0.25, -0.2) is 0 Å². The molecule has 0 bridgehead atoms. The van der Waals surface area contributed by atoms with Crippen LogP contribution in [0.5, 0.6) is 0 Å². The molecule has 0 saturated heterocycles. The van der Waals surface area contributed by atoms with Crippen molar-refractivity contribution in [2.75, 3.05) is 11.9 Å². The van der Waals surface area contributed by atoms with Gasteiger partial charge in [0.2, 0.25) is 0 Å². The van der Waals surface area contributed by atoms with Crippen LogP contribution < -0.4 is 5.32 Å². The van der Waals surface area contributed by atoms with E-state index in [2.05, 4.69) is 5.32 Å². The Morgan fingerprint density at radius 3 is 2.75 bits per heavy atom. The minimum Gasteiger partial charge on any atom is -0.394 e. The van der Waals surface area contributed by atoms with Crippen molar-refractivity contribution in [1.29, 1.82) is 0 Å². The molecule has 0 spiro atoms. The van der Waals surface area contributed by atoms with Crippen molar-refractivity contribution < 1.29 is 10.0 Å². The monoisotopic (exact) mass is 224 g/mol. The molecule has 0 saturated carbocycles. The first kappa shape index (κ1) is 12.4. The van der Waals surface area contributed by atoms with Gasteiger partial charge >= 0.3 is 0 Å². The summed E-state index contributed by atoms with van der Waals surface area (Å²) >= 11 is 0. The van der Waals surface area contributed by atoms with Gasteiger partial charge in [0.15, 0.2) is 0 Å². The van der Waals surface area contributed by atoms with Gasteiger partial charge in [0, 0.05) is 23.9 Å². The highest BCUT2D eigenvalue weighted by atomic mass is 16.6.